The van der Waals surface area contributed by atoms with Gasteiger partial charge in [-0.05, 0) is 36.6 Å². The van der Waals surface area contributed by atoms with E-state index in [4.69, 9.17) is 4.74 Å². The molecule has 1 aliphatic rings. The molecule has 0 bridgehead atoms. The van der Waals surface area contributed by atoms with Crippen LogP contribution in [0.4, 0.5) is 5.69 Å². The van der Waals surface area contributed by atoms with Crippen LogP contribution in [-0.4, -0.2) is 42.4 Å². The van der Waals surface area contributed by atoms with Crippen molar-refractivity contribution in [2.75, 3.05) is 31.6 Å². The van der Waals surface area contributed by atoms with E-state index in [0.29, 0.717) is 12.6 Å². The maximum Gasteiger partial charge on any atom is 0.142 e. The lowest BCUT2D eigenvalue weighted by Crippen LogP contribution is -2.36. The molecule has 1 atom stereocenters. The minimum atomic E-state index is 0.177. The zero-order valence-electron chi connectivity index (χ0n) is 14.2. The van der Waals surface area contributed by atoms with Gasteiger partial charge in [0.1, 0.15) is 12.4 Å². The molecule has 2 aromatic carbocycles. The van der Waals surface area contributed by atoms with Gasteiger partial charge in [-0.1, -0.05) is 36.4 Å². The number of aliphatic hydroxyl groups is 1. The Labute approximate surface area is 144 Å². The van der Waals surface area contributed by atoms with Crippen LogP contribution in [-0.2, 0) is 13.0 Å². The molecule has 4 nitrogen and oxygen atoms in total. The van der Waals surface area contributed by atoms with Gasteiger partial charge in [0.25, 0.3) is 0 Å². The van der Waals surface area contributed by atoms with Crippen LogP contribution in [0, 0.1) is 0 Å². The zero-order chi connectivity index (χ0) is 16.8. The lowest BCUT2D eigenvalue weighted by Gasteiger charge is -2.29. The highest BCUT2D eigenvalue weighted by atomic mass is 16.5. The molecule has 24 heavy (non-hydrogen) atoms. The maximum atomic E-state index is 9.42. The van der Waals surface area contributed by atoms with Crippen molar-refractivity contribution in [3.05, 3.63) is 59.7 Å². The molecule has 1 heterocycles. The molecule has 4 heteroatoms. The summed E-state index contributed by atoms with van der Waals surface area (Å²) < 4.78 is 5.64. The minimum Gasteiger partial charge on any atom is -0.490 e. The van der Waals surface area contributed by atoms with Crippen LogP contribution in [0.2, 0.25) is 0 Å². The van der Waals surface area contributed by atoms with Crippen molar-refractivity contribution in [1.82, 2.24) is 4.90 Å². The fourth-order valence-electron chi connectivity index (χ4n) is 3.19. The minimum absolute atomic E-state index is 0.177. The summed E-state index contributed by atoms with van der Waals surface area (Å²) in [5.41, 5.74) is 3.65. The van der Waals surface area contributed by atoms with Crippen molar-refractivity contribution in [2.45, 2.75) is 25.9 Å². The van der Waals surface area contributed by atoms with Crippen molar-refractivity contribution >= 4 is 5.69 Å². The Morgan fingerprint density at radius 3 is 2.79 bits per heavy atom. The van der Waals surface area contributed by atoms with Crippen LogP contribution >= 0.6 is 0 Å². The van der Waals surface area contributed by atoms with Crippen LogP contribution in [0.25, 0.3) is 0 Å². The molecule has 1 aliphatic heterocycles. The maximum absolute atomic E-state index is 9.42. The number of rotatable bonds is 7. The molecule has 2 aromatic rings. The van der Waals surface area contributed by atoms with Gasteiger partial charge in [0.2, 0.25) is 0 Å². The predicted molar refractivity (Wildman–Crippen MR) is 97.5 cm³/mol. The standard InChI is InChI=1S/C20H26N2O2/c1-16(22(10-11-23)15-17-5-3-2-4-6-17)13-18-7-8-20-19(14-18)21-9-12-24-20/h2-8,14,16,21,23H,9-13,15H2,1H3. The Balaban J connectivity index is 1.67. The van der Waals surface area contributed by atoms with Gasteiger partial charge in [-0.3, -0.25) is 4.90 Å². The topological polar surface area (TPSA) is 44.7 Å². The highest BCUT2D eigenvalue weighted by molar-refractivity contribution is 5.59. The van der Waals surface area contributed by atoms with Crippen molar-refractivity contribution < 1.29 is 9.84 Å². The zero-order valence-corrected chi connectivity index (χ0v) is 14.2. The van der Waals surface area contributed by atoms with Gasteiger partial charge in [0.15, 0.2) is 0 Å². The van der Waals surface area contributed by atoms with E-state index in [1.807, 2.05) is 6.07 Å². The summed E-state index contributed by atoms with van der Waals surface area (Å²) in [6, 6.07) is 17.2. The molecule has 128 valence electrons. The summed E-state index contributed by atoms with van der Waals surface area (Å²) in [5.74, 6) is 0.939. The van der Waals surface area contributed by atoms with Gasteiger partial charge in [-0.15, -0.1) is 0 Å². The average Bonchev–Trinajstić information content (AvgIpc) is 2.62. The first kappa shape index (κ1) is 16.8. The van der Waals surface area contributed by atoms with E-state index in [1.165, 1.54) is 11.1 Å². The Morgan fingerprint density at radius 1 is 1.17 bits per heavy atom. The second-order valence-electron chi connectivity index (χ2n) is 6.34. The number of nitrogens with zero attached hydrogens (tertiary/aromatic N) is 1. The van der Waals surface area contributed by atoms with Gasteiger partial charge >= 0.3 is 0 Å². The molecule has 0 aliphatic carbocycles. The number of anilines is 1. The molecule has 3 rings (SSSR count). The van der Waals surface area contributed by atoms with Crippen LogP contribution in [0.5, 0.6) is 5.75 Å². The molecule has 0 radical (unpaired) electrons. The Kier molecular flexibility index (Phi) is 5.72. The summed E-state index contributed by atoms with van der Waals surface area (Å²) in [4.78, 5) is 2.33. The van der Waals surface area contributed by atoms with Crippen molar-refractivity contribution in [2.24, 2.45) is 0 Å². The summed E-state index contributed by atoms with van der Waals surface area (Å²) in [6.07, 6.45) is 0.946. The first-order chi connectivity index (χ1) is 11.8. The third-order valence-corrected chi connectivity index (χ3v) is 4.49. The quantitative estimate of drug-likeness (QED) is 0.821. The summed E-state index contributed by atoms with van der Waals surface area (Å²) in [6.45, 7) is 5.52. The molecular formula is C20H26N2O2. The number of hydrogen-bond acceptors (Lipinski definition) is 4. The largest absolute Gasteiger partial charge is 0.490 e. The van der Waals surface area contributed by atoms with Crippen LogP contribution in [0.15, 0.2) is 48.5 Å². The van der Waals surface area contributed by atoms with E-state index in [-0.39, 0.29) is 6.61 Å². The predicted octanol–water partition coefficient (Wildman–Crippen LogP) is 2.92. The first-order valence-corrected chi connectivity index (χ1v) is 8.64. The number of hydrogen-bond donors (Lipinski definition) is 2. The summed E-state index contributed by atoms with van der Waals surface area (Å²) >= 11 is 0. The van der Waals surface area contributed by atoms with Gasteiger partial charge in [-0.25, -0.2) is 0 Å². The molecule has 2 N–H and O–H groups in total. The smallest absolute Gasteiger partial charge is 0.142 e. The van der Waals surface area contributed by atoms with Gasteiger partial charge in [-0.2, -0.15) is 0 Å². The van der Waals surface area contributed by atoms with Crippen LogP contribution in [0.3, 0.4) is 0 Å². The van der Waals surface area contributed by atoms with Crippen molar-refractivity contribution in [3.8, 4) is 5.75 Å². The Bertz CT molecular complexity index is 645. The van der Waals surface area contributed by atoms with Crippen molar-refractivity contribution in [3.63, 3.8) is 0 Å². The van der Waals surface area contributed by atoms with Crippen molar-refractivity contribution in [1.29, 1.82) is 0 Å². The van der Waals surface area contributed by atoms with E-state index in [1.54, 1.807) is 0 Å². The highest BCUT2D eigenvalue weighted by Crippen LogP contribution is 2.28. The van der Waals surface area contributed by atoms with E-state index in [9.17, 15) is 5.11 Å². The number of nitrogens with one attached hydrogen (secondary N) is 1. The van der Waals surface area contributed by atoms with E-state index in [0.717, 1.165) is 37.6 Å². The van der Waals surface area contributed by atoms with Crippen LogP contribution < -0.4 is 10.1 Å². The summed E-state index contributed by atoms with van der Waals surface area (Å²) in [5, 5.41) is 12.8. The second kappa shape index (κ2) is 8.18. The first-order valence-electron chi connectivity index (χ1n) is 8.64. The molecular weight excluding hydrogens is 300 g/mol. The normalized spacial score (nSPS) is 14.6. The molecule has 0 spiro atoms. The number of fused-ring (bicyclic) bond motifs is 1. The SMILES string of the molecule is CC(Cc1ccc2c(c1)NCCO2)N(CCO)Cc1ccccc1. The summed E-state index contributed by atoms with van der Waals surface area (Å²) in [7, 11) is 0. The molecule has 0 amide bonds. The van der Waals surface area contributed by atoms with Gasteiger partial charge in [0, 0.05) is 25.7 Å². The molecule has 1 unspecified atom stereocenters. The average molecular weight is 326 g/mol. The Hall–Kier alpha value is -2.04. The lowest BCUT2D eigenvalue weighted by atomic mass is 10.0. The molecule has 0 saturated heterocycles. The van der Waals surface area contributed by atoms with E-state index in [2.05, 4.69) is 59.6 Å². The van der Waals surface area contributed by atoms with Crippen LogP contribution in [0.1, 0.15) is 18.1 Å². The van der Waals surface area contributed by atoms with E-state index < -0.39 is 0 Å². The number of benzene rings is 2. The second-order valence-corrected chi connectivity index (χ2v) is 6.34. The monoisotopic (exact) mass is 326 g/mol. The van der Waals surface area contributed by atoms with Gasteiger partial charge < -0.3 is 15.2 Å². The molecule has 0 saturated carbocycles. The third kappa shape index (κ3) is 4.28. The molecule has 0 fully saturated rings. The fourth-order valence-corrected chi connectivity index (χ4v) is 3.19. The van der Waals surface area contributed by atoms with Gasteiger partial charge in [0.05, 0.1) is 12.3 Å². The molecule has 0 aromatic heterocycles. The number of aliphatic hydroxyl groups excluding tert-OH is 1. The van der Waals surface area contributed by atoms with E-state index >= 15 is 0 Å². The lowest BCUT2D eigenvalue weighted by molar-refractivity contribution is 0.150. The third-order valence-electron chi connectivity index (χ3n) is 4.49. The fraction of sp³-hybridized carbons (Fsp3) is 0.400. The highest BCUT2D eigenvalue weighted by Gasteiger charge is 2.16. The Morgan fingerprint density at radius 2 is 2.00 bits per heavy atom. The number of ether oxygens (including phenoxy) is 1.